The Morgan fingerprint density at radius 1 is 1.48 bits per heavy atom. The summed E-state index contributed by atoms with van der Waals surface area (Å²) in [5.74, 6) is 0.684. The van der Waals surface area contributed by atoms with Gasteiger partial charge in [0, 0.05) is 29.7 Å². The Labute approximate surface area is 146 Å². The number of amides is 1. The molecule has 1 unspecified atom stereocenters. The van der Waals surface area contributed by atoms with Crippen molar-refractivity contribution in [2.45, 2.75) is 6.42 Å². The number of rotatable bonds is 4. The second kappa shape index (κ2) is 7.81. The number of nitrogens with one attached hydrogen (secondary N) is 1. The average Bonchev–Trinajstić information content (AvgIpc) is 3.16. The van der Waals surface area contributed by atoms with Gasteiger partial charge in [-0.25, -0.2) is 0 Å². The minimum Gasteiger partial charge on any atom is -0.350 e. The smallest absolute Gasteiger partial charge is 0.292 e. The molecule has 5 nitrogen and oxygen atoms in total. The second-order valence-electron chi connectivity index (χ2n) is 5.55. The lowest BCUT2D eigenvalue weighted by Gasteiger charge is -2.14. The average molecular weight is 356 g/mol. The van der Waals surface area contributed by atoms with Gasteiger partial charge >= 0.3 is 0 Å². The van der Waals surface area contributed by atoms with E-state index in [2.05, 4.69) is 10.5 Å². The maximum absolute atomic E-state index is 12.5. The summed E-state index contributed by atoms with van der Waals surface area (Å²) in [6.45, 7) is 2.44. The molecule has 7 heteroatoms. The summed E-state index contributed by atoms with van der Waals surface area (Å²) in [6.07, 6.45) is 1.02. The number of likely N-dealkylation sites (tertiary alicyclic amines) is 1. The van der Waals surface area contributed by atoms with Crippen LogP contribution in [0.4, 0.5) is 0 Å². The van der Waals surface area contributed by atoms with Crippen LogP contribution < -0.4 is 5.32 Å². The van der Waals surface area contributed by atoms with Crippen LogP contribution >= 0.6 is 24.0 Å². The lowest BCUT2D eigenvalue weighted by molar-refractivity contribution is 0.0746. The summed E-state index contributed by atoms with van der Waals surface area (Å²) in [5.41, 5.74) is 1.46. The van der Waals surface area contributed by atoms with Gasteiger partial charge in [0.05, 0.1) is 0 Å². The van der Waals surface area contributed by atoms with Gasteiger partial charge < -0.3 is 14.7 Å². The summed E-state index contributed by atoms with van der Waals surface area (Å²) in [6, 6.07) is 9.00. The van der Waals surface area contributed by atoms with Crippen LogP contribution in [0.2, 0.25) is 5.02 Å². The molecule has 0 saturated carbocycles. The Hall–Kier alpha value is -1.56. The molecule has 0 spiro atoms. The van der Waals surface area contributed by atoms with Gasteiger partial charge in [-0.1, -0.05) is 28.9 Å². The van der Waals surface area contributed by atoms with Gasteiger partial charge in [-0.3, -0.25) is 4.79 Å². The van der Waals surface area contributed by atoms with Crippen molar-refractivity contribution >= 4 is 29.9 Å². The monoisotopic (exact) mass is 355 g/mol. The van der Waals surface area contributed by atoms with Crippen molar-refractivity contribution in [3.05, 3.63) is 41.1 Å². The van der Waals surface area contributed by atoms with Crippen molar-refractivity contribution in [1.29, 1.82) is 0 Å². The first-order valence-electron chi connectivity index (χ1n) is 7.34. The topological polar surface area (TPSA) is 58.4 Å². The highest BCUT2D eigenvalue weighted by Gasteiger charge is 2.28. The number of carbonyl (C=O) groups excluding carboxylic acids is 1. The molecule has 3 rings (SSSR count). The van der Waals surface area contributed by atoms with Crippen molar-refractivity contribution in [3.63, 3.8) is 0 Å². The molecule has 1 N–H and O–H groups in total. The van der Waals surface area contributed by atoms with Crippen molar-refractivity contribution in [2.75, 3.05) is 26.7 Å². The van der Waals surface area contributed by atoms with E-state index in [1.807, 2.05) is 24.1 Å². The third-order valence-electron chi connectivity index (χ3n) is 3.91. The summed E-state index contributed by atoms with van der Waals surface area (Å²) in [7, 11) is 1.93. The first kappa shape index (κ1) is 17.8. The van der Waals surface area contributed by atoms with Crippen molar-refractivity contribution in [3.8, 4) is 11.3 Å². The third-order valence-corrected chi connectivity index (χ3v) is 4.14. The van der Waals surface area contributed by atoms with Gasteiger partial charge in [-0.2, -0.15) is 0 Å². The third kappa shape index (κ3) is 4.05. The molecule has 1 amide bonds. The Morgan fingerprint density at radius 2 is 2.30 bits per heavy atom. The normalized spacial score (nSPS) is 17.1. The number of halogens is 2. The van der Waals surface area contributed by atoms with E-state index >= 15 is 0 Å². The van der Waals surface area contributed by atoms with Crippen LogP contribution in [0.25, 0.3) is 11.3 Å². The predicted molar refractivity (Wildman–Crippen MR) is 92.1 cm³/mol. The van der Waals surface area contributed by atoms with E-state index < -0.39 is 0 Å². The molecule has 1 aromatic heterocycles. The Bertz CT molecular complexity index is 675. The Kier molecular flexibility index (Phi) is 6.04. The van der Waals surface area contributed by atoms with Gasteiger partial charge in [0.1, 0.15) is 5.69 Å². The zero-order valence-corrected chi connectivity index (χ0v) is 14.4. The predicted octanol–water partition coefficient (Wildman–Crippen LogP) is 3.10. The number of benzene rings is 1. The number of nitrogens with zero attached hydrogens (tertiary/aromatic N) is 2. The molecule has 1 atom stereocenters. The van der Waals surface area contributed by atoms with Crippen LogP contribution in [0.15, 0.2) is 34.9 Å². The number of hydrogen-bond donors (Lipinski definition) is 1. The molecule has 2 heterocycles. The van der Waals surface area contributed by atoms with Crippen molar-refractivity contribution in [1.82, 2.24) is 15.4 Å². The zero-order chi connectivity index (χ0) is 15.5. The van der Waals surface area contributed by atoms with E-state index in [1.54, 1.807) is 18.2 Å². The molecule has 1 fully saturated rings. The fourth-order valence-electron chi connectivity index (χ4n) is 2.79. The van der Waals surface area contributed by atoms with Crippen molar-refractivity contribution in [2.24, 2.45) is 5.92 Å². The first-order valence-corrected chi connectivity index (χ1v) is 7.71. The van der Waals surface area contributed by atoms with Crippen molar-refractivity contribution < 1.29 is 9.32 Å². The summed E-state index contributed by atoms with van der Waals surface area (Å²) < 4.78 is 5.23. The SMILES string of the molecule is CNCC1CCN(C(=O)c2cc(-c3cccc(Cl)c3)no2)C1.Cl. The quantitative estimate of drug-likeness (QED) is 0.915. The molecule has 1 aliphatic rings. The molecule has 1 saturated heterocycles. The van der Waals surface area contributed by atoms with Crippen LogP contribution in [0.3, 0.4) is 0 Å². The second-order valence-corrected chi connectivity index (χ2v) is 5.99. The van der Waals surface area contributed by atoms with Crippen LogP contribution in [-0.4, -0.2) is 42.6 Å². The van der Waals surface area contributed by atoms with Crippen LogP contribution in [0.1, 0.15) is 17.0 Å². The summed E-state index contributed by atoms with van der Waals surface area (Å²) >= 11 is 5.97. The minimum atomic E-state index is -0.0978. The van der Waals surface area contributed by atoms with E-state index in [1.165, 1.54) is 0 Å². The first-order chi connectivity index (χ1) is 10.7. The van der Waals surface area contributed by atoms with Gasteiger partial charge in [-0.15, -0.1) is 12.4 Å². The zero-order valence-electron chi connectivity index (χ0n) is 12.8. The molecule has 23 heavy (non-hydrogen) atoms. The van der Waals surface area contributed by atoms with E-state index in [0.717, 1.165) is 31.6 Å². The van der Waals surface area contributed by atoms with Gasteiger partial charge in [0.2, 0.25) is 5.76 Å². The molecule has 1 aliphatic heterocycles. The molecule has 124 valence electrons. The maximum atomic E-state index is 12.5. The molecule has 1 aromatic carbocycles. The minimum absolute atomic E-state index is 0. The van der Waals surface area contributed by atoms with Gasteiger partial charge in [0.25, 0.3) is 5.91 Å². The molecule has 2 aromatic rings. The highest BCUT2D eigenvalue weighted by atomic mass is 35.5. The highest BCUT2D eigenvalue weighted by Crippen LogP contribution is 2.24. The van der Waals surface area contributed by atoms with E-state index in [0.29, 0.717) is 16.6 Å². The highest BCUT2D eigenvalue weighted by molar-refractivity contribution is 6.30. The van der Waals surface area contributed by atoms with Crippen LogP contribution in [0, 0.1) is 5.92 Å². The maximum Gasteiger partial charge on any atom is 0.292 e. The number of aromatic nitrogens is 1. The molecular formula is C16H19Cl2N3O2. The molecular weight excluding hydrogens is 337 g/mol. The van der Waals surface area contributed by atoms with E-state index in [4.69, 9.17) is 16.1 Å². The fraction of sp³-hybridized carbons (Fsp3) is 0.375. The summed E-state index contributed by atoms with van der Waals surface area (Å²) in [5, 5.41) is 7.76. The van der Waals surface area contributed by atoms with E-state index in [9.17, 15) is 4.79 Å². The lowest BCUT2D eigenvalue weighted by Crippen LogP contribution is -2.30. The van der Waals surface area contributed by atoms with Crippen LogP contribution in [0.5, 0.6) is 0 Å². The molecule has 0 bridgehead atoms. The van der Waals surface area contributed by atoms with Gasteiger partial charge in [0.15, 0.2) is 0 Å². The van der Waals surface area contributed by atoms with Gasteiger partial charge in [-0.05, 0) is 38.1 Å². The standard InChI is InChI=1S/C16H18ClN3O2.ClH/c1-18-9-11-5-6-20(10-11)16(21)15-8-14(19-22-15)12-3-2-4-13(17)7-12;/h2-4,7-8,11,18H,5-6,9-10H2,1H3;1H. The largest absolute Gasteiger partial charge is 0.350 e. The Balaban J connectivity index is 0.00000192. The lowest BCUT2D eigenvalue weighted by atomic mass is 10.1. The number of hydrogen-bond acceptors (Lipinski definition) is 4. The fourth-order valence-corrected chi connectivity index (χ4v) is 2.98. The van der Waals surface area contributed by atoms with Crippen LogP contribution in [-0.2, 0) is 0 Å². The molecule has 0 aliphatic carbocycles. The molecule has 0 radical (unpaired) electrons. The van der Waals surface area contributed by atoms with E-state index in [-0.39, 0.29) is 24.1 Å². The Morgan fingerprint density at radius 3 is 3.04 bits per heavy atom. The summed E-state index contributed by atoms with van der Waals surface area (Å²) in [4.78, 5) is 14.3. The number of carbonyl (C=O) groups is 1.